The van der Waals surface area contributed by atoms with Crippen molar-refractivity contribution in [1.82, 2.24) is 9.97 Å². The van der Waals surface area contributed by atoms with E-state index in [2.05, 4.69) is 70.6 Å². The van der Waals surface area contributed by atoms with E-state index in [0.29, 0.717) is 0 Å². The second-order valence-corrected chi connectivity index (χ2v) is 8.98. The minimum atomic E-state index is 0.0822. The molecule has 0 saturated heterocycles. The third-order valence-corrected chi connectivity index (χ3v) is 7.06. The molecule has 0 fully saturated rings. The van der Waals surface area contributed by atoms with E-state index in [0.717, 1.165) is 38.7 Å². The highest BCUT2D eigenvalue weighted by atomic mass is 16.1. The fourth-order valence-corrected chi connectivity index (χ4v) is 5.51. The van der Waals surface area contributed by atoms with Crippen molar-refractivity contribution in [3.63, 3.8) is 0 Å². The highest BCUT2D eigenvalue weighted by Gasteiger charge is 2.17. The van der Waals surface area contributed by atoms with Crippen molar-refractivity contribution in [3.8, 4) is 22.5 Å². The summed E-state index contributed by atoms with van der Waals surface area (Å²) < 4.78 is 0. The van der Waals surface area contributed by atoms with Crippen LogP contribution in [0, 0.1) is 0 Å². The van der Waals surface area contributed by atoms with Crippen LogP contribution in [0.4, 0.5) is 0 Å². The zero-order valence-corrected chi connectivity index (χ0v) is 19.1. The number of ketones is 1. The normalized spacial score (nSPS) is 11.7. The lowest BCUT2D eigenvalue weighted by molar-refractivity contribution is 0.101. The number of benzene rings is 6. The van der Waals surface area contributed by atoms with Gasteiger partial charge in [-0.05, 0) is 73.3 Å². The Morgan fingerprint density at radius 2 is 1.09 bits per heavy atom. The zero-order chi connectivity index (χ0) is 23.5. The van der Waals surface area contributed by atoms with Gasteiger partial charge in [0.05, 0.1) is 0 Å². The number of hydrogen-bond acceptors (Lipinski definition) is 3. The Bertz CT molecular complexity index is 1920. The van der Waals surface area contributed by atoms with E-state index in [4.69, 9.17) is 0 Å². The van der Waals surface area contributed by atoms with Crippen molar-refractivity contribution in [2.45, 2.75) is 6.92 Å². The quantitative estimate of drug-likeness (QED) is 0.203. The van der Waals surface area contributed by atoms with E-state index < -0.39 is 0 Å². The van der Waals surface area contributed by atoms with Gasteiger partial charge in [-0.2, -0.15) is 0 Å². The Morgan fingerprint density at radius 1 is 0.543 bits per heavy atom. The third-order valence-electron chi connectivity index (χ3n) is 7.06. The largest absolute Gasteiger partial charge is 0.294 e. The van der Waals surface area contributed by atoms with Crippen LogP contribution < -0.4 is 0 Å². The molecule has 0 saturated carbocycles. The average molecular weight is 449 g/mol. The minimum Gasteiger partial charge on any atom is -0.294 e. The molecule has 1 aromatic heterocycles. The molecule has 7 rings (SSSR count). The van der Waals surface area contributed by atoms with E-state index >= 15 is 0 Å². The monoisotopic (exact) mass is 448 g/mol. The maximum atomic E-state index is 12.3. The predicted molar refractivity (Wildman–Crippen MR) is 144 cm³/mol. The molecule has 7 aromatic rings. The van der Waals surface area contributed by atoms with Gasteiger partial charge in [0.2, 0.25) is 0 Å². The van der Waals surface area contributed by atoms with E-state index in [-0.39, 0.29) is 5.78 Å². The number of Topliss-reactive ketones (excluding diaryl/α,β-unsaturated/α-hetero) is 1. The summed E-state index contributed by atoms with van der Waals surface area (Å²) >= 11 is 0. The summed E-state index contributed by atoms with van der Waals surface area (Å²) in [5, 5.41) is 9.32. The Hall–Kier alpha value is -4.63. The van der Waals surface area contributed by atoms with Gasteiger partial charge in [-0.3, -0.25) is 4.79 Å². The summed E-state index contributed by atoms with van der Waals surface area (Å²) in [4.78, 5) is 21.3. The van der Waals surface area contributed by atoms with Gasteiger partial charge in [0, 0.05) is 23.5 Å². The maximum Gasteiger partial charge on any atom is 0.160 e. The van der Waals surface area contributed by atoms with Crippen LogP contribution in [0.3, 0.4) is 0 Å². The van der Waals surface area contributed by atoms with Crippen molar-refractivity contribution in [1.29, 1.82) is 0 Å². The molecule has 0 spiro atoms. The standard InChI is InChI=1S/C32H20N2O/c1-19(35)22-15-16-25(24-6-3-2-5-23(22)24)26-11-7-20-9-13-28-29(32-33-17-4-18-34-32)14-10-21-8-12-27(26)30(20)31(21)28/h2-18H,1H3. The van der Waals surface area contributed by atoms with E-state index in [1.54, 1.807) is 19.3 Å². The van der Waals surface area contributed by atoms with Crippen LogP contribution in [-0.4, -0.2) is 15.8 Å². The fourth-order valence-electron chi connectivity index (χ4n) is 5.51. The zero-order valence-electron chi connectivity index (χ0n) is 19.1. The highest BCUT2D eigenvalue weighted by molar-refractivity contribution is 6.28. The first-order valence-corrected chi connectivity index (χ1v) is 11.7. The van der Waals surface area contributed by atoms with Crippen LogP contribution >= 0.6 is 0 Å². The predicted octanol–water partition coefficient (Wildman–Crippen LogP) is 8.06. The van der Waals surface area contributed by atoms with E-state index in [1.807, 2.05) is 30.3 Å². The van der Waals surface area contributed by atoms with Crippen molar-refractivity contribution in [2.24, 2.45) is 0 Å². The maximum absolute atomic E-state index is 12.3. The van der Waals surface area contributed by atoms with E-state index in [1.165, 1.54) is 32.5 Å². The molecule has 164 valence electrons. The first-order valence-electron chi connectivity index (χ1n) is 11.7. The second-order valence-electron chi connectivity index (χ2n) is 8.98. The molecule has 1 heterocycles. The van der Waals surface area contributed by atoms with Crippen molar-refractivity contribution in [3.05, 3.63) is 109 Å². The first kappa shape index (κ1) is 19.8. The topological polar surface area (TPSA) is 42.9 Å². The van der Waals surface area contributed by atoms with Crippen molar-refractivity contribution < 1.29 is 4.79 Å². The molecule has 0 radical (unpaired) electrons. The Kier molecular flexibility index (Phi) is 4.21. The van der Waals surface area contributed by atoms with Crippen LogP contribution in [-0.2, 0) is 0 Å². The number of carbonyl (C=O) groups is 1. The van der Waals surface area contributed by atoms with E-state index in [9.17, 15) is 4.79 Å². The lowest BCUT2D eigenvalue weighted by atomic mass is 9.86. The molecule has 0 aliphatic rings. The molecule has 0 atom stereocenters. The first-order chi connectivity index (χ1) is 17.2. The fraction of sp³-hybridized carbons (Fsp3) is 0.0312. The van der Waals surface area contributed by atoms with Gasteiger partial charge in [0.1, 0.15) is 0 Å². The molecular weight excluding hydrogens is 428 g/mol. The van der Waals surface area contributed by atoms with Crippen molar-refractivity contribution >= 4 is 48.9 Å². The van der Waals surface area contributed by atoms with Gasteiger partial charge in [0.15, 0.2) is 11.6 Å². The number of carbonyl (C=O) groups excluding carboxylic acids is 1. The Morgan fingerprint density at radius 3 is 1.77 bits per heavy atom. The Labute approximate surface area is 202 Å². The third kappa shape index (κ3) is 2.88. The molecule has 0 aliphatic heterocycles. The number of aromatic nitrogens is 2. The van der Waals surface area contributed by atoms with Crippen LogP contribution in [0.25, 0.3) is 65.6 Å². The SMILES string of the molecule is CC(=O)c1ccc(-c2ccc3ccc4c(-c5ncccn5)ccc5ccc2c3c54)c2ccccc12. The summed E-state index contributed by atoms with van der Waals surface area (Å²) in [5.41, 5.74) is 4.10. The molecule has 0 N–H and O–H groups in total. The summed E-state index contributed by atoms with van der Waals surface area (Å²) in [6.07, 6.45) is 3.57. The molecule has 3 nitrogen and oxygen atoms in total. The van der Waals surface area contributed by atoms with Gasteiger partial charge in [-0.25, -0.2) is 9.97 Å². The summed E-state index contributed by atoms with van der Waals surface area (Å²) in [7, 11) is 0. The summed E-state index contributed by atoms with van der Waals surface area (Å²) in [6, 6.07) is 31.6. The number of rotatable bonds is 3. The molecule has 0 amide bonds. The molecule has 0 aliphatic carbocycles. The lowest BCUT2D eigenvalue weighted by Gasteiger charge is -2.17. The second kappa shape index (κ2) is 7.44. The Balaban J connectivity index is 1.59. The summed E-state index contributed by atoms with van der Waals surface area (Å²) in [5.74, 6) is 0.815. The lowest BCUT2D eigenvalue weighted by Crippen LogP contribution is -1.95. The highest BCUT2D eigenvalue weighted by Crippen LogP contribution is 2.43. The van der Waals surface area contributed by atoms with Gasteiger partial charge in [-0.15, -0.1) is 0 Å². The van der Waals surface area contributed by atoms with Gasteiger partial charge >= 0.3 is 0 Å². The van der Waals surface area contributed by atoms with Gasteiger partial charge < -0.3 is 0 Å². The number of hydrogen-bond donors (Lipinski definition) is 0. The molecule has 0 bridgehead atoms. The molecule has 35 heavy (non-hydrogen) atoms. The number of nitrogens with zero attached hydrogens (tertiary/aromatic N) is 2. The van der Waals surface area contributed by atoms with Crippen LogP contribution in [0.15, 0.2) is 103 Å². The molecular formula is C32H20N2O. The molecule has 6 aromatic carbocycles. The van der Waals surface area contributed by atoms with Crippen LogP contribution in [0.2, 0.25) is 0 Å². The van der Waals surface area contributed by atoms with Crippen LogP contribution in [0.1, 0.15) is 17.3 Å². The molecule has 3 heteroatoms. The number of fused-ring (bicyclic) bond motifs is 1. The average Bonchev–Trinajstić information content (AvgIpc) is 2.91. The molecule has 0 unspecified atom stereocenters. The van der Waals surface area contributed by atoms with Crippen molar-refractivity contribution in [2.75, 3.05) is 0 Å². The smallest absolute Gasteiger partial charge is 0.160 e. The van der Waals surface area contributed by atoms with Gasteiger partial charge in [0.25, 0.3) is 0 Å². The minimum absolute atomic E-state index is 0.0822. The van der Waals surface area contributed by atoms with Crippen LogP contribution in [0.5, 0.6) is 0 Å². The van der Waals surface area contributed by atoms with Gasteiger partial charge in [-0.1, -0.05) is 78.9 Å². The summed E-state index contributed by atoms with van der Waals surface area (Å²) in [6.45, 7) is 1.63.